The van der Waals surface area contributed by atoms with E-state index in [-0.39, 0.29) is 11.7 Å². The predicted octanol–water partition coefficient (Wildman–Crippen LogP) is 8.36. The molecule has 166 valence electrons. The largest absolute Gasteiger partial charge is 0.355 e. The minimum absolute atomic E-state index is 0.0850. The number of hydrogen-bond acceptors (Lipinski definition) is 4. The Kier molecular flexibility index (Phi) is 5.23. The van der Waals surface area contributed by atoms with Crippen molar-refractivity contribution in [3.63, 3.8) is 0 Å². The summed E-state index contributed by atoms with van der Waals surface area (Å²) in [6, 6.07) is 28.1. The first kappa shape index (κ1) is 20.9. The molecular formula is C28H25NO2S2. The molecule has 0 atom stereocenters. The van der Waals surface area contributed by atoms with Gasteiger partial charge in [0.15, 0.2) is 6.29 Å². The summed E-state index contributed by atoms with van der Waals surface area (Å²) in [6.45, 7) is 5.79. The fraction of sp³-hybridized carbons (Fsp3) is 0.214. The summed E-state index contributed by atoms with van der Waals surface area (Å²) in [7, 11) is 0. The lowest BCUT2D eigenvalue weighted by Gasteiger charge is -2.34. The van der Waals surface area contributed by atoms with E-state index in [0.29, 0.717) is 0 Å². The lowest BCUT2D eigenvalue weighted by molar-refractivity contribution is -0.224. The third-order valence-corrected chi connectivity index (χ3v) is 8.39. The quantitative estimate of drug-likeness (QED) is 0.286. The third kappa shape index (κ3) is 4.18. The molecule has 0 spiro atoms. The molecule has 0 radical (unpaired) electrons. The molecule has 4 heterocycles. The number of benzene rings is 2. The van der Waals surface area contributed by atoms with Gasteiger partial charge in [-0.3, -0.25) is 0 Å². The number of H-pyrrole nitrogens is 1. The first-order valence-corrected chi connectivity index (χ1v) is 12.8. The maximum atomic E-state index is 5.97. The average Bonchev–Trinajstić information content (AvgIpc) is 3.58. The van der Waals surface area contributed by atoms with E-state index >= 15 is 0 Å². The van der Waals surface area contributed by atoms with Crippen LogP contribution in [0.5, 0.6) is 0 Å². The van der Waals surface area contributed by atoms with Crippen LogP contribution in [0.2, 0.25) is 0 Å². The second kappa shape index (κ2) is 8.26. The number of aromatic nitrogens is 1. The van der Waals surface area contributed by atoms with Crippen LogP contribution in [0.25, 0.3) is 42.4 Å². The van der Waals surface area contributed by atoms with Gasteiger partial charge in [0.05, 0.1) is 18.1 Å². The Balaban J connectivity index is 1.24. The van der Waals surface area contributed by atoms with Gasteiger partial charge in [-0.05, 0) is 53.6 Å². The summed E-state index contributed by atoms with van der Waals surface area (Å²) >= 11 is 3.59. The van der Waals surface area contributed by atoms with Crippen LogP contribution in [0.4, 0.5) is 0 Å². The van der Waals surface area contributed by atoms with Crippen molar-refractivity contribution in [3.8, 4) is 31.5 Å². The van der Waals surface area contributed by atoms with Gasteiger partial charge in [0, 0.05) is 36.6 Å². The Morgan fingerprint density at radius 3 is 2.30 bits per heavy atom. The van der Waals surface area contributed by atoms with Gasteiger partial charge in [-0.15, -0.1) is 22.7 Å². The fourth-order valence-corrected chi connectivity index (χ4v) is 6.25. The van der Waals surface area contributed by atoms with Gasteiger partial charge in [-0.1, -0.05) is 50.2 Å². The van der Waals surface area contributed by atoms with Gasteiger partial charge >= 0.3 is 0 Å². The van der Waals surface area contributed by atoms with Gasteiger partial charge in [0.25, 0.3) is 0 Å². The van der Waals surface area contributed by atoms with Crippen molar-refractivity contribution in [2.24, 2.45) is 5.41 Å². The van der Waals surface area contributed by atoms with E-state index in [9.17, 15) is 0 Å². The van der Waals surface area contributed by atoms with E-state index in [4.69, 9.17) is 9.47 Å². The molecule has 6 rings (SSSR count). The molecule has 2 aromatic carbocycles. The number of fused-ring (bicyclic) bond motifs is 1. The van der Waals surface area contributed by atoms with Crippen LogP contribution in [0.3, 0.4) is 0 Å². The molecule has 0 amide bonds. The average molecular weight is 472 g/mol. The van der Waals surface area contributed by atoms with E-state index in [1.54, 1.807) is 11.3 Å². The minimum Gasteiger partial charge on any atom is -0.355 e. The molecule has 1 N–H and O–H groups in total. The molecule has 1 aliphatic rings. The molecule has 5 heteroatoms. The van der Waals surface area contributed by atoms with Crippen LogP contribution in [0.15, 0.2) is 78.9 Å². The topological polar surface area (TPSA) is 34.2 Å². The lowest BCUT2D eigenvalue weighted by Crippen LogP contribution is -2.33. The summed E-state index contributed by atoms with van der Waals surface area (Å²) in [5, 5.41) is 1.23. The minimum atomic E-state index is -0.244. The van der Waals surface area contributed by atoms with Crippen molar-refractivity contribution in [1.29, 1.82) is 0 Å². The van der Waals surface area contributed by atoms with Crippen LogP contribution in [0, 0.1) is 5.41 Å². The van der Waals surface area contributed by atoms with Crippen LogP contribution in [-0.4, -0.2) is 18.2 Å². The van der Waals surface area contributed by atoms with Gasteiger partial charge < -0.3 is 14.5 Å². The standard InChI is InChI=1S/C28H25NO2S2/c1-28(2)16-30-27(31-17-28)26-13-12-25(33-26)24-11-10-23(32-24)19-8-9-21-20(14-19)15-22(29-21)18-6-4-3-5-7-18/h3-15,27,29H,16-17H2,1-2H3. The Labute approximate surface area is 201 Å². The molecule has 1 fully saturated rings. The number of nitrogens with one attached hydrogen (secondary N) is 1. The second-order valence-electron chi connectivity index (χ2n) is 9.34. The van der Waals surface area contributed by atoms with Crippen molar-refractivity contribution in [2.45, 2.75) is 20.1 Å². The van der Waals surface area contributed by atoms with Crippen LogP contribution < -0.4 is 0 Å². The molecule has 0 unspecified atom stereocenters. The first-order chi connectivity index (χ1) is 16.0. The highest BCUT2D eigenvalue weighted by Gasteiger charge is 2.30. The molecular weight excluding hydrogens is 446 g/mol. The number of thiophene rings is 2. The fourth-order valence-electron chi connectivity index (χ4n) is 4.15. The summed E-state index contributed by atoms with van der Waals surface area (Å²) < 4.78 is 11.9. The van der Waals surface area contributed by atoms with Crippen molar-refractivity contribution in [1.82, 2.24) is 4.98 Å². The van der Waals surface area contributed by atoms with Crippen molar-refractivity contribution in [3.05, 3.63) is 83.7 Å². The number of rotatable bonds is 4. The molecule has 0 bridgehead atoms. The van der Waals surface area contributed by atoms with Crippen molar-refractivity contribution < 1.29 is 9.47 Å². The van der Waals surface area contributed by atoms with Crippen LogP contribution >= 0.6 is 22.7 Å². The lowest BCUT2D eigenvalue weighted by atomic mass is 9.96. The Morgan fingerprint density at radius 2 is 1.48 bits per heavy atom. The van der Waals surface area contributed by atoms with Crippen molar-refractivity contribution >= 4 is 33.6 Å². The Bertz CT molecular complexity index is 1400. The van der Waals surface area contributed by atoms with Crippen LogP contribution in [-0.2, 0) is 9.47 Å². The SMILES string of the molecule is CC1(C)COC(c2ccc(-c3ccc(-c4ccc5[nH]c(-c6ccccc6)cc5c4)s3)s2)OC1. The van der Waals surface area contributed by atoms with Gasteiger partial charge in [0.2, 0.25) is 0 Å². The number of ether oxygens (including phenoxy) is 2. The monoisotopic (exact) mass is 471 g/mol. The molecule has 5 aromatic rings. The van der Waals surface area contributed by atoms with Gasteiger partial charge in [-0.25, -0.2) is 0 Å². The van der Waals surface area contributed by atoms with Crippen molar-refractivity contribution in [2.75, 3.05) is 13.2 Å². The molecule has 1 aliphatic heterocycles. The summed E-state index contributed by atoms with van der Waals surface area (Å²) in [5.41, 5.74) is 4.85. The van der Waals surface area contributed by atoms with E-state index in [2.05, 4.69) is 91.6 Å². The maximum Gasteiger partial charge on any atom is 0.193 e. The van der Waals surface area contributed by atoms with E-state index in [1.165, 1.54) is 31.1 Å². The highest BCUT2D eigenvalue weighted by Crippen LogP contribution is 2.41. The molecule has 0 saturated carbocycles. The smallest absolute Gasteiger partial charge is 0.193 e. The van der Waals surface area contributed by atoms with E-state index in [1.807, 2.05) is 17.4 Å². The highest BCUT2D eigenvalue weighted by molar-refractivity contribution is 7.23. The number of hydrogen-bond donors (Lipinski definition) is 1. The molecule has 1 saturated heterocycles. The molecule has 33 heavy (non-hydrogen) atoms. The third-order valence-electron chi connectivity index (χ3n) is 5.95. The van der Waals surface area contributed by atoms with E-state index < -0.39 is 0 Å². The first-order valence-electron chi connectivity index (χ1n) is 11.2. The molecule has 3 aromatic heterocycles. The summed E-state index contributed by atoms with van der Waals surface area (Å²) in [5.74, 6) is 0. The summed E-state index contributed by atoms with van der Waals surface area (Å²) in [6.07, 6.45) is -0.244. The summed E-state index contributed by atoms with van der Waals surface area (Å²) in [4.78, 5) is 8.48. The maximum absolute atomic E-state index is 5.97. The van der Waals surface area contributed by atoms with Gasteiger partial charge in [0.1, 0.15) is 0 Å². The predicted molar refractivity (Wildman–Crippen MR) is 139 cm³/mol. The van der Waals surface area contributed by atoms with Crippen LogP contribution in [0.1, 0.15) is 25.0 Å². The molecule has 3 nitrogen and oxygen atoms in total. The van der Waals surface area contributed by atoms with Gasteiger partial charge in [-0.2, -0.15) is 0 Å². The van der Waals surface area contributed by atoms with E-state index in [0.717, 1.165) is 29.3 Å². The molecule has 0 aliphatic carbocycles. The zero-order valence-electron chi connectivity index (χ0n) is 18.6. The number of aromatic amines is 1. The zero-order chi connectivity index (χ0) is 22.4. The Morgan fingerprint density at radius 1 is 0.758 bits per heavy atom. The second-order valence-corrected chi connectivity index (χ2v) is 11.5. The zero-order valence-corrected chi connectivity index (χ0v) is 20.3. The normalized spacial score (nSPS) is 16.4. The highest BCUT2D eigenvalue weighted by atomic mass is 32.1. The Hall–Kier alpha value is -2.70.